The molecule has 2 heterocycles. The molecule has 178 valence electrons. The number of hydrogen-bond acceptors (Lipinski definition) is 3. The molecule has 4 aromatic rings. The molecule has 7 heteroatoms. The molecule has 5 nitrogen and oxygen atoms in total. The van der Waals surface area contributed by atoms with Gasteiger partial charge in [0.05, 0.1) is 21.2 Å². The zero-order valence-electron chi connectivity index (χ0n) is 20.0. The van der Waals surface area contributed by atoms with Gasteiger partial charge in [-0.3, -0.25) is 9.82 Å². The SMILES string of the molecule is CC(C)n1nc(-c2ccccc2[C@@H](Cc2cccc(Br)n2)CC(C)(C)S(N)=O)c2ccccc21. The Hall–Kier alpha value is -2.35. The Morgan fingerprint density at radius 1 is 1.03 bits per heavy atom. The van der Waals surface area contributed by atoms with E-state index in [9.17, 15) is 4.21 Å². The van der Waals surface area contributed by atoms with Gasteiger partial charge in [0.15, 0.2) is 0 Å². The summed E-state index contributed by atoms with van der Waals surface area (Å²) >= 11 is 3.50. The van der Waals surface area contributed by atoms with Crippen molar-refractivity contribution in [2.24, 2.45) is 5.14 Å². The van der Waals surface area contributed by atoms with Crippen LogP contribution in [0.4, 0.5) is 0 Å². The number of nitrogens with two attached hydrogens (primary N) is 1. The maximum atomic E-state index is 12.4. The molecular weight excluding hydrogens is 508 g/mol. The zero-order chi connectivity index (χ0) is 24.5. The number of hydrogen-bond donors (Lipinski definition) is 1. The van der Waals surface area contributed by atoms with Crippen LogP contribution in [-0.2, 0) is 17.4 Å². The molecule has 0 bridgehead atoms. The summed E-state index contributed by atoms with van der Waals surface area (Å²) in [5, 5.41) is 12.1. The maximum Gasteiger partial charge on any atom is 0.106 e. The number of rotatable bonds is 8. The summed E-state index contributed by atoms with van der Waals surface area (Å²) in [7, 11) is -1.46. The number of pyridine rings is 1. The average molecular weight is 540 g/mol. The van der Waals surface area contributed by atoms with Gasteiger partial charge in [-0.1, -0.05) is 48.5 Å². The summed E-state index contributed by atoms with van der Waals surface area (Å²) in [6.45, 7) is 8.23. The molecule has 0 aliphatic heterocycles. The number of halogens is 1. The lowest BCUT2D eigenvalue weighted by Gasteiger charge is -2.29. The third-order valence-electron chi connectivity index (χ3n) is 6.27. The molecule has 34 heavy (non-hydrogen) atoms. The fourth-order valence-corrected chi connectivity index (χ4v) is 5.28. The zero-order valence-corrected chi connectivity index (χ0v) is 22.4. The lowest BCUT2D eigenvalue weighted by molar-refractivity contribution is 0.511. The Morgan fingerprint density at radius 2 is 1.74 bits per heavy atom. The van der Waals surface area contributed by atoms with E-state index in [1.54, 1.807) is 0 Å². The van der Waals surface area contributed by atoms with Crippen LogP contribution < -0.4 is 5.14 Å². The first-order chi connectivity index (χ1) is 16.2. The first-order valence-electron chi connectivity index (χ1n) is 11.5. The van der Waals surface area contributed by atoms with E-state index in [-0.39, 0.29) is 12.0 Å². The standard InChI is InChI=1S/C27H31BrN4OS/c1-18(2)32-24-14-8-7-13-23(24)26(31-32)22-12-6-5-11-21(22)19(17-27(3,4)34(29)33)16-20-10-9-15-25(28)30-20/h5-15,18-19H,16-17,29H2,1-4H3/t19-,34?/m0/s1. The van der Waals surface area contributed by atoms with Gasteiger partial charge < -0.3 is 0 Å². The van der Waals surface area contributed by atoms with E-state index in [1.165, 1.54) is 5.56 Å². The van der Waals surface area contributed by atoms with Crippen LogP contribution in [0.1, 0.15) is 57.3 Å². The molecule has 2 aromatic heterocycles. The molecule has 4 rings (SSSR count). The molecule has 0 amide bonds. The highest BCUT2D eigenvalue weighted by Gasteiger charge is 2.31. The van der Waals surface area contributed by atoms with Crippen molar-refractivity contribution in [3.05, 3.63) is 82.6 Å². The van der Waals surface area contributed by atoms with E-state index in [2.05, 4.69) is 88.0 Å². The normalized spacial score (nSPS) is 14.0. The average Bonchev–Trinajstić information content (AvgIpc) is 3.18. The second-order valence-electron chi connectivity index (χ2n) is 9.61. The summed E-state index contributed by atoms with van der Waals surface area (Å²) < 4.78 is 14.7. The number of aromatic nitrogens is 3. The lowest BCUT2D eigenvalue weighted by atomic mass is 9.83. The van der Waals surface area contributed by atoms with Crippen LogP contribution in [0.5, 0.6) is 0 Å². The molecule has 1 unspecified atom stereocenters. The van der Waals surface area contributed by atoms with Crippen LogP contribution in [0.3, 0.4) is 0 Å². The molecule has 2 atom stereocenters. The molecule has 0 fully saturated rings. The van der Waals surface area contributed by atoms with Crippen molar-refractivity contribution in [1.29, 1.82) is 0 Å². The largest absolute Gasteiger partial charge is 0.262 e. The van der Waals surface area contributed by atoms with Crippen LogP contribution in [0.25, 0.3) is 22.2 Å². The van der Waals surface area contributed by atoms with Crippen LogP contribution in [0.2, 0.25) is 0 Å². The lowest BCUT2D eigenvalue weighted by Crippen LogP contribution is -2.34. The van der Waals surface area contributed by atoms with E-state index in [4.69, 9.17) is 10.2 Å². The molecular formula is C27H31BrN4OS. The molecule has 0 spiro atoms. The third kappa shape index (κ3) is 5.16. The van der Waals surface area contributed by atoms with E-state index >= 15 is 0 Å². The second-order valence-corrected chi connectivity index (χ2v) is 12.1. The van der Waals surface area contributed by atoms with Crippen molar-refractivity contribution in [3.63, 3.8) is 0 Å². The van der Waals surface area contributed by atoms with E-state index in [0.29, 0.717) is 12.8 Å². The molecule has 2 aromatic carbocycles. The molecule has 0 saturated heterocycles. The minimum Gasteiger partial charge on any atom is -0.262 e. The summed E-state index contributed by atoms with van der Waals surface area (Å²) in [5.41, 5.74) is 5.33. The monoisotopic (exact) mass is 538 g/mol. The van der Waals surface area contributed by atoms with Crippen molar-refractivity contribution < 1.29 is 4.21 Å². The maximum absolute atomic E-state index is 12.4. The van der Waals surface area contributed by atoms with E-state index in [1.807, 2.05) is 32.0 Å². The Labute approximate surface area is 212 Å². The van der Waals surface area contributed by atoms with Crippen LogP contribution >= 0.6 is 15.9 Å². The van der Waals surface area contributed by atoms with Gasteiger partial charge in [-0.15, -0.1) is 0 Å². The van der Waals surface area contributed by atoms with E-state index < -0.39 is 15.7 Å². The summed E-state index contributed by atoms with van der Waals surface area (Å²) in [5.74, 6) is 0.0588. The van der Waals surface area contributed by atoms with E-state index in [0.717, 1.165) is 32.5 Å². The summed E-state index contributed by atoms with van der Waals surface area (Å²) in [6, 6.07) is 23.0. The second kappa shape index (κ2) is 10.1. The Morgan fingerprint density at radius 3 is 2.44 bits per heavy atom. The van der Waals surface area contributed by atoms with Crippen LogP contribution in [-0.4, -0.2) is 23.7 Å². The van der Waals surface area contributed by atoms with Crippen molar-refractivity contribution in [3.8, 4) is 11.3 Å². The Bertz CT molecular complexity index is 1330. The first kappa shape index (κ1) is 24.8. The highest BCUT2D eigenvalue weighted by atomic mass is 79.9. The summed E-state index contributed by atoms with van der Waals surface area (Å²) in [4.78, 5) is 4.68. The highest BCUT2D eigenvalue weighted by molar-refractivity contribution is 9.10. The quantitative estimate of drug-likeness (QED) is 0.258. The number of fused-ring (bicyclic) bond motifs is 1. The van der Waals surface area contributed by atoms with Crippen molar-refractivity contribution in [2.75, 3.05) is 0 Å². The van der Waals surface area contributed by atoms with Crippen molar-refractivity contribution >= 4 is 37.8 Å². The molecule has 0 radical (unpaired) electrons. The van der Waals surface area contributed by atoms with Crippen LogP contribution in [0, 0.1) is 0 Å². The number of nitrogens with zero attached hydrogens (tertiary/aromatic N) is 3. The topological polar surface area (TPSA) is 73.8 Å². The van der Waals surface area contributed by atoms with Gasteiger partial charge in [0.25, 0.3) is 0 Å². The van der Waals surface area contributed by atoms with Crippen LogP contribution in [0.15, 0.2) is 71.3 Å². The van der Waals surface area contributed by atoms with Crippen molar-refractivity contribution in [1.82, 2.24) is 14.8 Å². The minimum absolute atomic E-state index is 0.0588. The van der Waals surface area contributed by atoms with Gasteiger partial charge in [-0.05, 0) is 86.1 Å². The number of benzene rings is 2. The third-order valence-corrected chi connectivity index (χ3v) is 7.97. The molecule has 0 saturated carbocycles. The molecule has 0 aliphatic carbocycles. The van der Waals surface area contributed by atoms with Gasteiger partial charge in [0.1, 0.15) is 10.3 Å². The predicted molar refractivity (Wildman–Crippen MR) is 145 cm³/mol. The Balaban J connectivity index is 1.88. The fraction of sp³-hybridized carbons (Fsp3) is 0.333. The molecule has 2 N–H and O–H groups in total. The Kier molecular flexibility index (Phi) is 7.36. The van der Waals surface area contributed by atoms with Gasteiger partial charge in [0.2, 0.25) is 0 Å². The fourth-order valence-electron chi connectivity index (χ4n) is 4.53. The van der Waals surface area contributed by atoms with Gasteiger partial charge in [-0.25, -0.2) is 9.19 Å². The van der Waals surface area contributed by atoms with Gasteiger partial charge in [-0.2, -0.15) is 5.10 Å². The highest BCUT2D eigenvalue weighted by Crippen LogP contribution is 2.39. The number of para-hydroxylation sites is 1. The first-order valence-corrected chi connectivity index (χ1v) is 13.5. The van der Waals surface area contributed by atoms with Gasteiger partial charge >= 0.3 is 0 Å². The predicted octanol–water partition coefficient (Wildman–Crippen LogP) is 6.56. The minimum atomic E-state index is -1.46. The van der Waals surface area contributed by atoms with Crippen molar-refractivity contribution in [2.45, 2.75) is 57.2 Å². The smallest absolute Gasteiger partial charge is 0.106 e. The molecule has 0 aliphatic rings. The van der Waals surface area contributed by atoms with Gasteiger partial charge in [0, 0.05) is 22.7 Å². The summed E-state index contributed by atoms with van der Waals surface area (Å²) in [6.07, 6.45) is 1.37.